The van der Waals surface area contributed by atoms with E-state index in [4.69, 9.17) is 14.5 Å². The second-order valence-corrected chi connectivity index (χ2v) is 7.68. The zero-order valence-corrected chi connectivity index (χ0v) is 15.0. The first-order valence-electron chi connectivity index (χ1n) is 9.63. The summed E-state index contributed by atoms with van der Waals surface area (Å²) in [5, 5.41) is 0. The summed E-state index contributed by atoms with van der Waals surface area (Å²) in [4.78, 5) is 11.5. The normalized spacial score (nSPS) is 23.5. The number of rotatable bonds is 2. The van der Waals surface area contributed by atoms with Crippen molar-refractivity contribution in [2.45, 2.75) is 50.4 Å². The smallest absolute Gasteiger partial charge is 0.201 e. The van der Waals surface area contributed by atoms with Gasteiger partial charge in [0.25, 0.3) is 0 Å². The minimum absolute atomic E-state index is 0.246. The molecule has 26 heavy (non-hydrogen) atoms. The van der Waals surface area contributed by atoms with Crippen LogP contribution in [0, 0.1) is 0 Å². The maximum atomic E-state index is 6.10. The van der Waals surface area contributed by atoms with Gasteiger partial charge in [0.2, 0.25) is 5.79 Å². The molecule has 2 aromatic carbocycles. The molecule has 0 bridgehead atoms. The Morgan fingerprint density at radius 2 is 1.77 bits per heavy atom. The van der Waals surface area contributed by atoms with Gasteiger partial charge in [-0.05, 0) is 52.7 Å². The maximum absolute atomic E-state index is 6.10. The number of hydrogen-bond acceptors (Lipinski definition) is 3. The van der Waals surface area contributed by atoms with Gasteiger partial charge in [0.15, 0.2) is 0 Å². The van der Waals surface area contributed by atoms with Gasteiger partial charge in [0.1, 0.15) is 6.10 Å². The van der Waals surface area contributed by atoms with E-state index in [1.165, 1.54) is 28.7 Å². The Balaban J connectivity index is 1.32. The third-order valence-electron chi connectivity index (χ3n) is 5.98. The SMILES string of the molecule is C=C(c1ccc2c(c1)Cc1ccccc1-2)C1COC2(CCCCC2)OO1. The van der Waals surface area contributed by atoms with Crippen molar-refractivity contribution in [3.63, 3.8) is 0 Å². The largest absolute Gasteiger partial charge is 0.344 e. The van der Waals surface area contributed by atoms with Crippen LogP contribution in [0.3, 0.4) is 0 Å². The zero-order valence-electron chi connectivity index (χ0n) is 15.0. The summed E-state index contributed by atoms with van der Waals surface area (Å²) in [5.74, 6) is -0.519. The Morgan fingerprint density at radius 3 is 2.58 bits per heavy atom. The predicted octanol–water partition coefficient (Wildman–Crippen LogP) is 5.28. The maximum Gasteiger partial charge on any atom is 0.201 e. The van der Waals surface area contributed by atoms with Crippen LogP contribution < -0.4 is 0 Å². The van der Waals surface area contributed by atoms with E-state index in [0.29, 0.717) is 6.61 Å². The third kappa shape index (κ3) is 2.71. The van der Waals surface area contributed by atoms with Crippen LogP contribution in [-0.4, -0.2) is 18.5 Å². The predicted molar refractivity (Wildman–Crippen MR) is 101 cm³/mol. The lowest BCUT2D eigenvalue weighted by Gasteiger charge is -2.41. The average Bonchev–Trinajstić information content (AvgIpc) is 3.06. The van der Waals surface area contributed by atoms with Crippen LogP contribution in [0.15, 0.2) is 49.0 Å². The molecule has 0 radical (unpaired) electrons. The second-order valence-electron chi connectivity index (χ2n) is 7.68. The lowest BCUT2D eigenvalue weighted by Crippen LogP contribution is -2.46. The van der Waals surface area contributed by atoms with E-state index < -0.39 is 5.79 Å². The van der Waals surface area contributed by atoms with Crippen molar-refractivity contribution in [3.8, 4) is 11.1 Å². The Bertz CT molecular complexity index is 838. The molecular weight excluding hydrogens is 324 g/mol. The highest BCUT2D eigenvalue weighted by molar-refractivity contribution is 5.79. The number of benzene rings is 2. The van der Waals surface area contributed by atoms with Crippen LogP contribution in [0.4, 0.5) is 0 Å². The number of fused-ring (bicyclic) bond motifs is 3. The van der Waals surface area contributed by atoms with E-state index in [1.807, 2.05) is 0 Å². The van der Waals surface area contributed by atoms with Crippen LogP contribution in [0.1, 0.15) is 48.8 Å². The Labute approximate surface area is 154 Å². The molecular formula is C23H24O3. The van der Waals surface area contributed by atoms with Gasteiger partial charge < -0.3 is 4.74 Å². The summed E-state index contributed by atoms with van der Waals surface area (Å²) in [6.07, 6.45) is 6.10. The van der Waals surface area contributed by atoms with Gasteiger partial charge in [-0.25, -0.2) is 9.78 Å². The van der Waals surface area contributed by atoms with Crippen molar-refractivity contribution < 1.29 is 14.5 Å². The van der Waals surface area contributed by atoms with Gasteiger partial charge in [-0.15, -0.1) is 0 Å². The summed E-state index contributed by atoms with van der Waals surface area (Å²) in [6, 6.07) is 15.2. The molecule has 1 spiro atoms. The van der Waals surface area contributed by atoms with Crippen molar-refractivity contribution in [1.29, 1.82) is 0 Å². The molecule has 1 atom stereocenters. The summed E-state index contributed by atoms with van der Waals surface area (Å²) >= 11 is 0. The molecule has 1 saturated heterocycles. The standard InChI is InChI=1S/C23H24O3/c1-16(22-15-24-23(26-25-22)11-5-2-6-12-23)17-9-10-21-19(13-17)14-18-7-3-4-8-20(18)21/h3-4,7-10,13,22H,1-2,5-6,11-12,14-15H2. The minimum Gasteiger partial charge on any atom is -0.344 e. The fraction of sp³-hybridized carbons (Fsp3) is 0.391. The van der Waals surface area contributed by atoms with Crippen molar-refractivity contribution in [2.24, 2.45) is 0 Å². The van der Waals surface area contributed by atoms with E-state index in [1.54, 1.807) is 0 Å². The van der Waals surface area contributed by atoms with Gasteiger partial charge in [-0.3, -0.25) is 0 Å². The number of hydrogen-bond donors (Lipinski definition) is 0. The van der Waals surface area contributed by atoms with Gasteiger partial charge in [0, 0.05) is 12.8 Å². The molecule has 134 valence electrons. The van der Waals surface area contributed by atoms with Crippen molar-refractivity contribution in [2.75, 3.05) is 6.61 Å². The summed E-state index contributed by atoms with van der Waals surface area (Å²) in [5.41, 5.74) is 7.45. The summed E-state index contributed by atoms with van der Waals surface area (Å²) < 4.78 is 6.10. The van der Waals surface area contributed by atoms with Crippen molar-refractivity contribution >= 4 is 5.57 Å². The van der Waals surface area contributed by atoms with E-state index in [-0.39, 0.29) is 6.10 Å². The molecule has 3 aliphatic rings. The van der Waals surface area contributed by atoms with Crippen LogP contribution in [0.25, 0.3) is 16.7 Å². The zero-order chi connectivity index (χ0) is 17.6. The Morgan fingerprint density at radius 1 is 0.962 bits per heavy atom. The van der Waals surface area contributed by atoms with Gasteiger partial charge in [-0.1, -0.05) is 55.5 Å². The molecule has 2 fully saturated rings. The van der Waals surface area contributed by atoms with Gasteiger partial charge in [-0.2, -0.15) is 0 Å². The fourth-order valence-corrected chi connectivity index (χ4v) is 4.43. The molecule has 0 aromatic heterocycles. The third-order valence-corrected chi connectivity index (χ3v) is 5.98. The molecule has 3 nitrogen and oxygen atoms in total. The molecule has 1 saturated carbocycles. The molecule has 2 aliphatic carbocycles. The van der Waals surface area contributed by atoms with E-state index in [9.17, 15) is 0 Å². The molecule has 3 heteroatoms. The highest BCUT2D eigenvalue weighted by Gasteiger charge is 2.41. The molecule has 1 aliphatic heterocycles. The van der Waals surface area contributed by atoms with Crippen molar-refractivity contribution in [3.05, 3.63) is 65.7 Å². The van der Waals surface area contributed by atoms with Crippen LogP contribution in [0.2, 0.25) is 0 Å². The quantitative estimate of drug-likeness (QED) is 0.590. The van der Waals surface area contributed by atoms with Gasteiger partial charge >= 0.3 is 0 Å². The van der Waals surface area contributed by atoms with E-state index >= 15 is 0 Å². The molecule has 0 N–H and O–H groups in total. The molecule has 1 unspecified atom stereocenters. The molecule has 0 amide bonds. The Kier molecular flexibility index (Phi) is 3.96. The lowest BCUT2D eigenvalue weighted by atomic mass is 9.93. The van der Waals surface area contributed by atoms with Crippen LogP contribution >= 0.6 is 0 Å². The average molecular weight is 348 g/mol. The number of ether oxygens (including phenoxy) is 1. The Hall–Kier alpha value is -1.94. The molecule has 2 aromatic rings. The summed E-state index contributed by atoms with van der Waals surface area (Å²) in [7, 11) is 0. The monoisotopic (exact) mass is 348 g/mol. The van der Waals surface area contributed by atoms with Gasteiger partial charge in [0.05, 0.1) is 6.61 Å². The summed E-state index contributed by atoms with van der Waals surface area (Å²) in [6.45, 7) is 4.78. The first-order chi connectivity index (χ1) is 12.7. The van der Waals surface area contributed by atoms with Crippen LogP contribution in [-0.2, 0) is 20.9 Å². The van der Waals surface area contributed by atoms with Crippen LogP contribution in [0.5, 0.6) is 0 Å². The minimum atomic E-state index is -0.519. The van der Waals surface area contributed by atoms with E-state index in [2.05, 4.69) is 49.0 Å². The first kappa shape index (κ1) is 16.2. The molecule has 1 heterocycles. The second kappa shape index (κ2) is 6.34. The topological polar surface area (TPSA) is 27.7 Å². The van der Waals surface area contributed by atoms with Crippen molar-refractivity contribution in [1.82, 2.24) is 0 Å². The highest BCUT2D eigenvalue weighted by Crippen LogP contribution is 2.40. The fourth-order valence-electron chi connectivity index (χ4n) is 4.43. The first-order valence-corrected chi connectivity index (χ1v) is 9.63. The lowest BCUT2D eigenvalue weighted by molar-refractivity contribution is -0.483. The highest BCUT2D eigenvalue weighted by atomic mass is 17.2. The van der Waals surface area contributed by atoms with E-state index in [0.717, 1.165) is 43.2 Å². The molecule has 5 rings (SSSR count).